The number of para-hydroxylation sites is 2. The number of hydrogen-bond acceptors (Lipinski definition) is 5. The van der Waals surface area contributed by atoms with Crippen LogP contribution >= 0.6 is 11.3 Å². The first-order chi connectivity index (χ1) is 16.6. The third-order valence-electron chi connectivity index (χ3n) is 6.54. The highest BCUT2D eigenvalue weighted by Gasteiger charge is 2.34. The van der Waals surface area contributed by atoms with Gasteiger partial charge in [-0.15, -0.1) is 11.3 Å². The Morgan fingerprint density at radius 1 is 1.03 bits per heavy atom. The van der Waals surface area contributed by atoms with Gasteiger partial charge in [-0.1, -0.05) is 18.2 Å². The van der Waals surface area contributed by atoms with Crippen molar-refractivity contribution in [2.45, 2.75) is 32.5 Å². The molecule has 3 heterocycles. The number of carbonyl (C=O) groups excluding carboxylic acids is 1. The number of imidazole rings is 1. The Kier molecular flexibility index (Phi) is 5.91. The molecule has 1 amide bonds. The van der Waals surface area contributed by atoms with Crippen molar-refractivity contribution in [1.82, 2.24) is 14.0 Å². The van der Waals surface area contributed by atoms with E-state index in [1.165, 1.54) is 0 Å². The molecule has 34 heavy (non-hydrogen) atoms. The Morgan fingerprint density at radius 2 is 1.74 bits per heavy atom. The Hall–Kier alpha value is -3.52. The Bertz CT molecular complexity index is 1400. The van der Waals surface area contributed by atoms with Crippen LogP contribution in [0, 0.1) is 0 Å². The smallest absolute Gasteiger partial charge is 0.329 e. The van der Waals surface area contributed by atoms with Gasteiger partial charge in [-0.05, 0) is 60.2 Å². The van der Waals surface area contributed by atoms with Crippen molar-refractivity contribution in [3.8, 4) is 11.5 Å². The van der Waals surface area contributed by atoms with Gasteiger partial charge in [0, 0.05) is 18.0 Å². The summed E-state index contributed by atoms with van der Waals surface area (Å²) in [5, 5.41) is 2.02. The molecule has 0 saturated carbocycles. The zero-order chi connectivity index (χ0) is 23.8. The van der Waals surface area contributed by atoms with Crippen molar-refractivity contribution in [2.75, 3.05) is 20.8 Å². The van der Waals surface area contributed by atoms with Gasteiger partial charge in [0.05, 0.1) is 31.3 Å². The Morgan fingerprint density at radius 3 is 2.38 bits per heavy atom. The number of ether oxygens (including phenoxy) is 2. The predicted octanol–water partition coefficient (Wildman–Crippen LogP) is 4.08. The van der Waals surface area contributed by atoms with Gasteiger partial charge in [-0.2, -0.15) is 0 Å². The van der Waals surface area contributed by atoms with Crippen LogP contribution in [0.1, 0.15) is 29.0 Å². The van der Waals surface area contributed by atoms with Crippen LogP contribution in [-0.2, 0) is 24.3 Å². The molecule has 7 nitrogen and oxygen atoms in total. The molecule has 1 aliphatic rings. The SMILES string of the molecule is CCn1c(=O)n(CC(=O)N2CCc3cc(OC)c(OC)cc3C2c2cccs2)c2ccccc21. The topological polar surface area (TPSA) is 65.7 Å². The van der Waals surface area contributed by atoms with E-state index in [0.717, 1.165) is 27.0 Å². The van der Waals surface area contributed by atoms with Gasteiger partial charge in [-0.3, -0.25) is 13.9 Å². The minimum atomic E-state index is -0.244. The van der Waals surface area contributed by atoms with Crippen molar-refractivity contribution >= 4 is 28.3 Å². The highest BCUT2D eigenvalue weighted by molar-refractivity contribution is 7.10. The second-order valence-corrected chi connectivity index (χ2v) is 9.24. The van der Waals surface area contributed by atoms with Crippen molar-refractivity contribution in [1.29, 1.82) is 0 Å². The Balaban J connectivity index is 1.57. The standard InChI is InChI=1S/C26H27N3O4S/c1-4-27-19-8-5-6-9-20(19)29(26(27)31)16-24(30)28-12-11-17-14-21(32-2)22(33-3)15-18(17)25(28)23-10-7-13-34-23/h5-10,13-15,25H,4,11-12,16H2,1-3H3. The molecule has 4 aromatic rings. The van der Waals surface area contributed by atoms with E-state index >= 15 is 0 Å². The summed E-state index contributed by atoms with van der Waals surface area (Å²) in [5.41, 5.74) is 3.63. The van der Waals surface area contributed by atoms with E-state index in [2.05, 4.69) is 6.07 Å². The number of amides is 1. The van der Waals surface area contributed by atoms with E-state index in [9.17, 15) is 9.59 Å². The number of methoxy groups -OCH3 is 2. The molecule has 2 aromatic carbocycles. The van der Waals surface area contributed by atoms with Gasteiger partial charge in [0.1, 0.15) is 6.54 Å². The number of aryl methyl sites for hydroxylation is 1. The van der Waals surface area contributed by atoms with Crippen molar-refractivity contribution in [2.24, 2.45) is 0 Å². The number of benzene rings is 2. The number of rotatable bonds is 6. The van der Waals surface area contributed by atoms with Gasteiger partial charge in [0.15, 0.2) is 11.5 Å². The van der Waals surface area contributed by atoms with Crippen molar-refractivity contribution in [3.05, 3.63) is 80.4 Å². The molecule has 0 fully saturated rings. The lowest BCUT2D eigenvalue weighted by Crippen LogP contribution is -2.43. The summed E-state index contributed by atoms with van der Waals surface area (Å²) in [5.74, 6) is 1.24. The normalized spacial score (nSPS) is 15.4. The molecule has 176 valence electrons. The maximum absolute atomic E-state index is 13.8. The average Bonchev–Trinajstić information content (AvgIpc) is 3.49. The molecule has 8 heteroatoms. The lowest BCUT2D eigenvalue weighted by atomic mass is 9.90. The molecule has 0 aliphatic carbocycles. The summed E-state index contributed by atoms with van der Waals surface area (Å²) in [4.78, 5) is 29.9. The fraction of sp³-hybridized carbons (Fsp3) is 0.308. The molecule has 0 bridgehead atoms. The van der Waals surface area contributed by atoms with Crippen LogP contribution in [0.2, 0.25) is 0 Å². The number of carbonyl (C=O) groups is 1. The van der Waals surface area contributed by atoms with Crippen LogP contribution < -0.4 is 15.2 Å². The molecule has 1 unspecified atom stereocenters. The first-order valence-electron chi connectivity index (χ1n) is 11.3. The van der Waals surface area contributed by atoms with E-state index in [0.29, 0.717) is 31.0 Å². The molecule has 5 rings (SSSR count). The predicted molar refractivity (Wildman–Crippen MR) is 133 cm³/mol. The van der Waals surface area contributed by atoms with Gasteiger partial charge in [0.2, 0.25) is 5.91 Å². The van der Waals surface area contributed by atoms with E-state index in [4.69, 9.17) is 9.47 Å². The summed E-state index contributed by atoms with van der Waals surface area (Å²) in [6, 6.07) is 15.4. The Labute approximate surface area is 201 Å². The second kappa shape index (κ2) is 9.02. The lowest BCUT2D eigenvalue weighted by Gasteiger charge is -2.37. The third-order valence-corrected chi connectivity index (χ3v) is 7.47. The molecule has 1 atom stereocenters. The highest BCUT2D eigenvalue weighted by Crippen LogP contribution is 2.42. The summed E-state index contributed by atoms with van der Waals surface area (Å²) >= 11 is 1.62. The van der Waals surface area contributed by atoms with Crippen LogP contribution in [0.3, 0.4) is 0 Å². The average molecular weight is 478 g/mol. The number of fused-ring (bicyclic) bond motifs is 2. The van der Waals surface area contributed by atoms with Crippen LogP contribution in [0.25, 0.3) is 11.0 Å². The monoisotopic (exact) mass is 477 g/mol. The summed E-state index contributed by atoms with van der Waals surface area (Å²) in [7, 11) is 3.25. The number of nitrogens with zero attached hydrogens (tertiary/aromatic N) is 3. The number of hydrogen-bond donors (Lipinski definition) is 0. The van der Waals surface area contributed by atoms with E-state index in [1.54, 1.807) is 34.7 Å². The van der Waals surface area contributed by atoms with Crippen LogP contribution in [0.15, 0.2) is 58.7 Å². The molecule has 0 radical (unpaired) electrons. The first-order valence-corrected chi connectivity index (χ1v) is 12.2. The quantitative estimate of drug-likeness (QED) is 0.420. The summed E-state index contributed by atoms with van der Waals surface area (Å²) in [6.45, 7) is 3.05. The van der Waals surface area contributed by atoms with E-state index < -0.39 is 0 Å². The van der Waals surface area contributed by atoms with E-state index in [-0.39, 0.29) is 24.2 Å². The van der Waals surface area contributed by atoms with Gasteiger partial charge in [0.25, 0.3) is 0 Å². The summed E-state index contributed by atoms with van der Waals surface area (Å²) in [6.07, 6.45) is 0.703. The molecule has 0 spiro atoms. The molecule has 2 aromatic heterocycles. The molecule has 1 aliphatic heterocycles. The lowest BCUT2D eigenvalue weighted by molar-refractivity contribution is -0.133. The maximum atomic E-state index is 13.8. The fourth-order valence-electron chi connectivity index (χ4n) is 4.93. The zero-order valence-corrected chi connectivity index (χ0v) is 20.3. The number of aromatic nitrogens is 2. The summed E-state index contributed by atoms with van der Waals surface area (Å²) < 4.78 is 14.4. The minimum Gasteiger partial charge on any atom is -0.493 e. The van der Waals surface area contributed by atoms with Crippen molar-refractivity contribution < 1.29 is 14.3 Å². The van der Waals surface area contributed by atoms with Crippen molar-refractivity contribution in [3.63, 3.8) is 0 Å². The molecule has 0 N–H and O–H groups in total. The van der Waals surface area contributed by atoms with Crippen LogP contribution in [0.4, 0.5) is 0 Å². The highest BCUT2D eigenvalue weighted by atomic mass is 32.1. The van der Waals surface area contributed by atoms with Gasteiger partial charge >= 0.3 is 5.69 Å². The fourth-order valence-corrected chi connectivity index (χ4v) is 5.78. The zero-order valence-electron chi connectivity index (χ0n) is 19.5. The second-order valence-electron chi connectivity index (χ2n) is 8.26. The molecular weight excluding hydrogens is 450 g/mol. The third kappa shape index (κ3) is 3.58. The van der Waals surface area contributed by atoms with Crippen LogP contribution in [-0.4, -0.2) is 40.7 Å². The van der Waals surface area contributed by atoms with Gasteiger partial charge < -0.3 is 14.4 Å². The minimum absolute atomic E-state index is 0.00313. The molecule has 0 saturated heterocycles. The van der Waals surface area contributed by atoms with Crippen LogP contribution in [0.5, 0.6) is 11.5 Å². The largest absolute Gasteiger partial charge is 0.493 e. The van der Waals surface area contributed by atoms with Gasteiger partial charge in [-0.25, -0.2) is 4.79 Å². The first kappa shape index (κ1) is 22.3. The number of thiophene rings is 1. The maximum Gasteiger partial charge on any atom is 0.329 e. The van der Waals surface area contributed by atoms with E-state index in [1.807, 2.05) is 59.7 Å². The molecular formula is C26H27N3O4S.